The first-order chi connectivity index (χ1) is 6.15. The smallest absolute Gasteiger partial charge is 0.179 e. The predicted octanol–water partition coefficient (Wildman–Crippen LogP) is 2.63. The summed E-state index contributed by atoms with van der Waals surface area (Å²) in [5.74, 6) is -0.668. The van der Waals surface area contributed by atoms with Crippen LogP contribution >= 0.6 is 22.6 Å². The number of nitrogens with zero attached hydrogens (tertiary/aromatic N) is 1. The zero-order valence-electron chi connectivity index (χ0n) is 7.12. The van der Waals surface area contributed by atoms with E-state index >= 15 is 0 Å². The van der Waals surface area contributed by atoms with E-state index in [1.54, 1.807) is 19.1 Å². The molecule has 0 aliphatic heterocycles. The third-order valence-electron chi connectivity index (χ3n) is 1.72. The van der Waals surface area contributed by atoms with Gasteiger partial charge in [-0.25, -0.2) is 0 Å². The van der Waals surface area contributed by atoms with Gasteiger partial charge >= 0.3 is 0 Å². The molecule has 1 aromatic rings. The lowest BCUT2D eigenvalue weighted by atomic mass is 10.0. The molecule has 0 spiro atoms. The molecule has 0 N–H and O–H groups in total. The number of nitriles is 1. The van der Waals surface area contributed by atoms with Gasteiger partial charge in [0.05, 0.1) is 6.07 Å². The summed E-state index contributed by atoms with van der Waals surface area (Å²) in [6, 6.07) is 9.14. The summed E-state index contributed by atoms with van der Waals surface area (Å²) in [5.41, 5.74) is 0.606. The van der Waals surface area contributed by atoms with E-state index in [0.29, 0.717) is 5.56 Å². The van der Waals surface area contributed by atoms with Crippen LogP contribution in [0.15, 0.2) is 24.3 Å². The van der Waals surface area contributed by atoms with E-state index in [2.05, 4.69) is 22.6 Å². The molecule has 1 rings (SSSR count). The zero-order chi connectivity index (χ0) is 9.84. The van der Waals surface area contributed by atoms with Crippen molar-refractivity contribution < 1.29 is 4.79 Å². The van der Waals surface area contributed by atoms with Crippen LogP contribution in [0.3, 0.4) is 0 Å². The van der Waals surface area contributed by atoms with Crippen LogP contribution in [0.4, 0.5) is 0 Å². The third-order valence-corrected chi connectivity index (χ3v) is 2.43. The van der Waals surface area contributed by atoms with Crippen molar-refractivity contribution >= 4 is 28.4 Å². The maximum Gasteiger partial charge on any atom is 0.179 e. The Balaban J connectivity index is 2.91. The fraction of sp³-hybridized carbons (Fsp3) is 0.200. The molecule has 0 fully saturated rings. The minimum atomic E-state index is -0.555. The molecule has 0 amide bonds. The van der Waals surface area contributed by atoms with Gasteiger partial charge in [-0.3, -0.25) is 4.79 Å². The van der Waals surface area contributed by atoms with E-state index in [4.69, 9.17) is 5.26 Å². The Bertz CT molecular complexity index is 350. The molecule has 0 aliphatic carbocycles. The van der Waals surface area contributed by atoms with Crippen LogP contribution in [0, 0.1) is 20.8 Å². The minimum absolute atomic E-state index is 0.112. The van der Waals surface area contributed by atoms with Crippen molar-refractivity contribution in [2.75, 3.05) is 0 Å². The van der Waals surface area contributed by atoms with Gasteiger partial charge in [0.25, 0.3) is 0 Å². The molecule has 0 saturated carbocycles. The molecular formula is C10H8INO. The van der Waals surface area contributed by atoms with Crippen LogP contribution in [-0.2, 0) is 0 Å². The highest BCUT2D eigenvalue weighted by Gasteiger charge is 2.13. The summed E-state index contributed by atoms with van der Waals surface area (Å²) in [6.07, 6.45) is 0. The first-order valence-electron chi connectivity index (χ1n) is 3.84. The molecule has 1 atom stereocenters. The molecule has 13 heavy (non-hydrogen) atoms. The van der Waals surface area contributed by atoms with Gasteiger partial charge in [0.15, 0.2) is 5.78 Å². The van der Waals surface area contributed by atoms with Gasteiger partial charge in [-0.15, -0.1) is 0 Å². The Labute approximate surface area is 90.7 Å². The molecule has 1 unspecified atom stereocenters. The molecule has 0 radical (unpaired) electrons. The Morgan fingerprint density at radius 1 is 1.46 bits per heavy atom. The topological polar surface area (TPSA) is 40.9 Å². The summed E-state index contributed by atoms with van der Waals surface area (Å²) in [7, 11) is 0. The Kier molecular flexibility index (Phi) is 3.43. The van der Waals surface area contributed by atoms with E-state index in [-0.39, 0.29) is 5.78 Å². The molecule has 1 aromatic carbocycles. The van der Waals surface area contributed by atoms with Gasteiger partial charge in [-0.1, -0.05) is 12.1 Å². The van der Waals surface area contributed by atoms with Gasteiger partial charge in [-0.2, -0.15) is 5.26 Å². The average molecular weight is 285 g/mol. The number of hydrogen-bond donors (Lipinski definition) is 0. The fourth-order valence-corrected chi connectivity index (χ4v) is 1.28. The summed E-state index contributed by atoms with van der Waals surface area (Å²) < 4.78 is 1.08. The second kappa shape index (κ2) is 4.38. The normalized spacial score (nSPS) is 11.8. The molecule has 3 heteroatoms. The van der Waals surface area contributed by atoms with E-state index < -0.39 is 5.92 Å². The summed E-state index contributed by atoms with van der Waals surface area (Å²) in [5, 5.41) is 8.55. The highest BCUT2D eigenvalue weighted by Crippen LogP contribution is 2.11. The second-order valence-corrected chi connectivity index (χ2v) is 3.97. The molecule has 0 heterocycles. The van der Waals surface area contributed by atoms with Gasteiger partial charge in [0, 0.05) is 9.13 Å². The monoisotopic (exact) mass is 285 g/mol. The van der Waals surface area contributed by atoms with Crippen molar-refractivity contribution in [1.82, 2.24) is 0 Å². The maximum atomic E-state index is 11.5. The van der Waals surface area contributed by atoms with E-state index in [1.165, 1.54) is 0 Å². The standard InChI is InChI=1S/C10H8INO/c1-7(6-12)10(13)8-2-4-9(11)5-3-8/h2-5,7H,1H3. The number of rotatable bonds is 2. The van der Waals surface area contributed by atoms with Crippen LogP contribution in [0.2, 0.25) is 0 Å². The van der Waals surface area contributed by atoms with Crippen LogP contribution in [0.5, 0.6) is 0 Å². The van der Waals surface area contributed by atoms with Crippen molar-refractivity contribution in [1.29, 1.82) is 5.26 Å². The highest BCUT2D eigenvalue weighted by molar-refractivity contribution is 14.1. The van der Waals surface area contributed by atoms with Crippen molar-refractivity contribution in [3.63, 3.8) is 0 Å². The second-order valence-electron chi connectivity index (χ2n) is 2.72. The number of carbonyl (C=O) groups is 1. The molecule has 66 valence electrons. The molecule has 0 aliphatic rings. The van der Waals surface area contributed by atoms with Gasteiger partial charge in [0.1, 0.15) is 5.92 Å². The minimum Gasteiger partial charge on any atom is -0.293 e. The average Bonchev–Trinajstić information content (AvgIpc) is 2.17. The summed E-state index contributed by atoms with van der Waals surface area (Å²) >= 11 is 2.17. The van der Waals surface area contributed by atoms with Crippen molar-refractivity contribution in [3.8, 4) is 6.07 Å². The maximum absolute atomic E-state index is 11.5. The zero-order valence-corrected chi connectivity index (χ0v) is 9.28. The van der Waals surface area contributed by atoms with Gasteiger partial charge < -0.3 is 0 Å². The predicted molar refractivity (Wildman–Crippen MR) is 58.3 cm³/mol. The number of halogens is 1. The van der Waals surface area contributed by atoms with Crippen LogP contribution in [0.25, 0.3) is 0 Å². The van der Waals surface area contributed by atoms with E-state index in [1.807, 2.05) is 18.2 Å². The highest BCUT2D eigenvalue weighted by atomic mass is 127. The van der Waals surface area contributed by atoms with Gasteiger partial charge in [-0.05, 0) is 41.6 Å². The van der Waals surface area contributed by atoms with Crippen molar-refractivity contribution in [2.24, 2.45) is 5.92 Å². The summed E-state index contributed by atoms with van der Waals surface area (Å²) in [6.45, 7) is 1.61. The molecule has 0 aromatic heterocycles. The van der Waals surface area contributed by atoms with Crippen LogP contribution in [0.1, 0.15) is 17.3 Å². The van der Waals surface area contributed by atoms with E-state index in [9.17, 15) is 4.79 Å². The van der Waals surface area contributed by atoms with Crippen LogP contribution in [-0.4, -0.2) is 5.78 Å². The molecular weight excluding hydrogens is 277 g/mol. The SMILES string of the molecule is CC(C#N)C(=O)c1ccc(I)cc1. The number of Topliss-reactive ketones (excluding diaryl/α,β-unsaturated/α-hetero) is 1. The lowest BCUT2D eigenvalue weighted by Gasteiger charge is -2.01. The largest absolute Gasteiger partial charge is 0.293 e. The van der Waals surface area contributed by atoms with Crippen LogP contribution < -0.4 is 0 Å². The Hall–Kier alpha value is -0.890. The lowest BCUT2D eigenvalue weighted by molar-refractivity contribution is 0.0956. The third kappa shape index (κ3) is 2.52. The van der Waals surface area contributed by atoms with Crippen molar-refractivity contribution in [3.05, 3.63) is 33.4 Å². The number of benzene rings is 1. The summed E-state index contributed by atoms with van der Waals surface area (Å²) in [4.78, 5) is 11.5. The quantitative estimate of drug-likeness (QED) is 0.619. The first kappa shape index (κ1) is 10.2. The fourth-order valence-electron chi connectivity index (χ4n) is 0.923. The van der Waals surface area contributed by atoms with E-state index in [0.717, 1.165) is 3.57 Å². The molecule has 2 nitrogen and oxygen atoms in total. The number of hydrogen-bond acceptors (Lipinski definition) is 2. The van der Waals surface area contributed by atoms with Crippen molar-refractivity contribution in [2.45, 2.75) is 6.92 Å². The first-order valence-corrected chi connectivity index (χ1v) is 4.92. The molecule has 0 bridgehead atoms. The Morgan fingerprint density at radius 2 is 2.00 bits per heavy atom. The Morgan fingerprint density at radius 3 is 2.46 bits per heavy atom. The lowest BCUT2D eigenvalue weighted by Crippen LogP contribution is -2.08. The number of ketones is 1. The van der Waals surface area contributed by atoms with Gasteiger partial charge in [0.2, 0.25) is 0 Å². The number of carbonyl (C=O) groups excluding carboxylic acids is 1. The molecule has 0 saturated heterocycles.